The van der Waals surface area contributed by atoms with E-state index in [1.165, 1.54) is 19.2 Å². The molecule has 1 aromatic carbocycles. The Hall–Kier alpha value is -2.35. The van der Waals surface area contributed by atoms with Gasteiger partial charge in [-0.05, 0) is 13.8 Å². The molecule has 2 N–H and O–H groups in total. The smallest absolute Gasteiger partial charge is 0.293 e. The first-order chi connectivity index (χ1) is 10.1. The summed E-state index contributed by atoms with van der Waals surface area (Å²) in [5, 5.41) is 23.0. The van der Waals surface area contributed by atoms with Crippen molar-refractivity contribution in [1.29, 1.82) is 0 Å². The van der Waals surface area contributed by atoms with Crippen LogP contribution in [0, 0.1) is 10.1 Å². The quantitative estimate of drug-likeness (QED) is 0.603. The van der Waals surface area contributed by atoms with Gasteiger partial charge in [-0.25, -0.2) is 0 Å². The van der Waals surface area contributed by atoms with E-state index in [4.69, 9.17) is 4.74 Å². The number of ether oxygens (including phenoxy) is 1. The zero-order valence-electron chi connectivity index (χ0n) is 13.3. The van der Waals surface area contributed by atoms with E-state index in [0.717, 1.165) is 0 Å². The van der Waals surface area contributed by atoms with Crippen LogP contribution in [0.2, 0.25) is 0 Å². The second-order valence-electron chi connectivity index (χ2n) is 5.69. The van der Waals surface area contributed by atoms with Crippen LogP contribution in [0.4, 0.5) is 11.4 Å². The van der Waals surface area contributed by atoms with Gasteiger partial charge in [-0.15, -0.1) is 0 Å². The minimum atomic E-state index is -0.850. The molecule has 0 aliphatic carbocycles. The van der Waals surface area contributed by atoms with Gasteiger partial charge < -0.3 is 20.1 Å². The number of nitrogens with one attached hydrogen (secondary N) is 1. The van der Waals surface area contributed by atoms with Gasteiger partial charge in [0.25, 0.3) is 11.6 Å². The summed E-state index contributed by atoms with van der Waals surface area (Å²) in [5.41, 5.74) is -0.671. The first-order valence-corrected chi connectivity index (χ1v) is 6.60. The van der Waals surface area contributed by atoms with E-state index in [2.05, 4.69) is 5.32 Å². The van der Waals surface area contributed by atoms with E-state index in [-0.39, 0.29) is 23.6 Å². The molecule has 0 heterocycles. The van der Waals surface area contributed by atoms with E-state index < -0.39 is 16.4 Å². The highest BCUT2D eigenvalue weighted by Gasteiger charge is 2.26. The highest BCUT2D eigenvalue weighted by molar-refractivity contribution is 5.99. The normalized spacial score (nSPS) is 11.0. The topological polar surface area (TPSA) is 105 Å². The molecule has 1 aromatic rings. The van der Waals surface area contributed by atoms with Crippen molar-refractivity contribution in [3.63, 3.8) is 0 Å². The van der Waals surface area contributed by atoms with Crippen LogP contribution in [0.25, 0.3) is 0 Å². The minimum absolute atomic E-state index is 0.0429. The number of carbonyl (C=O) groups is 1. The third-order valence-corrected chi connectivity index (χ3v) is 3.07. The van der Waals surface area contributed by atoms with Crippen molar-refractivity contribution in [3.8, 4) is 5.75 Å². The number of amides is 1. The third-order valence-electron chi connectivity index (χ3n) is 3.07. The Morgan fingerprint density at radius 1 is 1.45 bits per heavy atom. The lowest BCUT2D eigenvalue weighted by Gasteiger charge is -2.24. The molecular weight excluding hydrogens is 290 g/mol. The van der Waals surface area contributed by atoms with Gasteiger partial charge in [-0.1, -0.05) is 0 Å². The molecule has 0 radical (unpaired) electrons. The molecule has 0 aliphatic heterocycles. The van der Waals surface area contributed by atoms with Crippen molar-refractivity contribution in [2.75, 3.05) is 32.7 Å². The summed E-state index contributed by atoms with van der Waals surface area (Å²) in [4.78, 5) is 24.5. The Balaban J connectivity index is 3.38. The van der Waals surface area contributed by atoms with Crippen molar-refractivity contribution >= 4 is 17.3 Å². The number of nitro groups is 1. The SMILES string of the molecule is COc1cc(N(C)C)c([N+](=O)[O-])cc1C(=O)NC(C)(C)CO. The van der Waals surface area contributed by atoms with Gasteiger partial charge >= 0.3 is 0 Å². The number of aliphatic hydroxyl groups excluding tert-OH is 1. The first kappa shape index (κ1) is 17.7. The average Bonchev–Trinajstić information content (AvgIpc) is 2.44. The van der Waals surface area contributed by atoms with Crippen LogP contribution >= 0.6 is 0 Å². The van der Waals surface area contributed by atoms with Gasteiger partial charge in [-0.3, -0.25) is 14.9 Å². The number of methoxy groups -OCH3 is 1. The number of rotatable bonds is 6. The molecule has 0 unspecified atom stereocenters. The number of hydrogen-bond acceptors (Lipinski definition) is 6. The van der Waals surface area contributed by atoms with Gasteiger partial charge in [0.2, 0.25) is 0 Å². The highest BCUT2D eigenvalue weighted by Crippen LogP contribution is 2.34. The monoisotopic (exact) mass is 311 g/mol. The largest absolute Gasteiger partial charge is 0.496 e. The van der Waals surface area contributed by atoms with Crippen molar-refractivity contribution < 1.29 is 19.6 Å². The lowest BCUT2D eigenvalue weighted by atomic mass is 10.0. The summed E-state index contributed by atoms with van der Waals surface area (Å²) in [6.45, 7) is 3.01. The standard InChI is InChI=1S/C14H21N3O5/c1-14(2,8-18)15-13(19)9-6-11(17(20)21)10(16(3)4)7-12(9)22-5/h6-7,18H,8H2,1-5H3,(H,15,19). The van der Waals surface area contributed by atoms with Gasteiger partial charge in [0.1, 0.15) is 11.4 Å². The summed E-state index contributed by atoms with van der Waals surface area (Å²) in [6, 6.07) is 2.62. The van der Waals surface area contributed by atoms with E-state index >= 15 is 0 Å². The fourth-order valence-corrected chi connectivity index (χ4v) is 1.82. The first-order valence-electron chi connectivity index (χ1n) is 6.60. The van der Waals surface area contributed by atoms with Crippen LogP contribution in [-0.2, 0) is 0 Å². The predicted molar refractivity (Wildman–Crippen MR) is 82.6 cm³/mol. The maximum absolute atomic E-state index is 12.3. The Labute approximate surface area is 128 Å². The van der Waals surface area contributed by atoms with Crippen LogP contribution in [0.15, 0.2) is 12.1 Å². The summed E-state index contributed by atoms with van der Waals surface area (Å²) in [5.74, 6) is -0.329. The number of carbonyl (C=O) groups excluding carboxylic acids is 1. The summed E-state index contributed by atoms with van der Waals surface area (Å²) >= 11 is 0. The van der Waals surface area contributed by atoms with E-state index in [1.807, 2.05) is 0 Å². The van der Waals surface area contributed by atoms with Crippen molar-refractivity contribution in [2.24, 2.45) is 0 Å². The van der Waals surface area contributed by atoms with Crippen molar-refractivity contribution in [3.05, 3.63) is 27.8 Å². The Bertz CT molecular complexity index is 584. The number of anilines is 1. The molecule has 0 bridgehead atoms. The number of nitro benzene ring substituents is 1. The van der Waals surface area contributed by atoms with E-state index in [1.54, 1.807) is 32.8 Å². The maximum atomic E-state index is 12.3. The molecule has 22 heavy (non-hydrogen) atoms. The molecule has 0 fully saturated rings. The van der Waals surface area contributed by atoms with Crippen LogP contribution in [-0.4, -0.2) is 49.3 Å². The lowest BCUT2D eigenvalue weighted by Crippen LogP contribution is -2.46. The third kappa shape index (κ3) is 3.85. The average molecular weight is 311 g/mol. The van der Waals surface area contributed by atoms with Crippen molar-refractivity contribution in [2.45, 2.75) is 19.4 Å². The Morgan fingerprint density at radius 2 is 2.05 bits per heavy atom. The molecule has 0 atom stereocenters. The fraction of sp³-hybridized carbons (Fsp3) is 0.500. The molecule has 1 rings (SSSR count). The Kier molecular flexibility index (Phi) is 5.32. The van der Waals surface area contributed by atoms with Crippen LogP contribution in [0.3, 0.4) is 0 Å². The highest BCUT2D eigenvalue weighted by atomic mass is 16.6. The van der Waals surface area contributed by atoms with Gasteiger partial charge in [0.15, 0.2) is 0 Å². The second-order valence-corrected chi connectivity index (χ2v) is 5.69. The summed E-state index contributed by atoms with van der Waals surface area (Å²) in [6.07, 6.45) is 0. The molecule has 0 saturated carbocycles. The molecule has 8 nitrogen and oxygen atoms in total. The molecule has 8 heteroatoms. The fourth-order valence-electron chi connectivity index (χ4n) is 1.82. The van der Waals surface area contributed by atoms with Crippen molar-refractivity contribution in [1.82, 2.24) is 5.32 Å². The number of benzene rings is 1. The second kappa shape index (κ2) is 6.61. The maximum Gasteiger partial charge on any atom is 0.293 e. The number of aliphatic hydroxyl groups is 1. The summed E-state index contributed by atoms with van der Waals surface area (Å²) < 4.78 is 5.17. The molecule has 0 aliphatic rings. The molecule has 0 aromatic heterocycles. The molecule has 0 saturated heterocycles. The van der Waals surface area contributed by atoms with Crippen LogP contribution in [0.5, 0.6) is 5.75 Å². The van der Waals surface area contributed by atoms with Gasteiger partial charge in [0, 0.05) is 26.2 Å². The zero-order valence-corrected chi connectivity index (χ0v) is 13.3. The molecule has 122 valence electrons. The Morgan fingerprint density at radius 3 is 2.45 bits per heavy atom. The van der Waals surface area contributed by atoms with E-state index in [0.29, 0.717) is 5.69 Å². The molecule has 1 amide bonds. The number of hydrogen-bond donors (Lipinski definition) is 2. The van der Waals surface area contributed by atoms with Gasteiger partial charge in [-0.2, -0.15) is 0 Å². The van der Waals surface area contributed by atoms with Gasteiger partial charge in [0.05, 0.1) is 29.7 Å². The minimum Gasteiger partial charge on any atom is -0.496 e. The lowest BCUT2D eigenvalue weighted by molar-refractivity contribution is -0.384. The zero-order chi connectivity index (χ0) is 17.1. The van der Waals surface area contributed by atoms with Crippen LogP contribution < -0.4 is 15.0 Å². The molecule has 0 spiro atoms. The number of nitrogens with zero attached hydrogens (tertiary/aromatic N) is 2. The van der Waals surface area contributed by atoms with Crippen LogP contribution in [0.1, 0.15) is 24.2 Å². The van der Waals surface area contributed by atoms with E-state index in [9.17, 15) is 20.0 Å². The summed E-state index contributed by atoms with van der Waals surface area (Å²) in [7, 11) is 4.71. The predicted octanol–water partition coefficient (Wildman–Crippen LogP) is 1.17. The molecular formula is C14H21N3O5.